The number of carbonyl (C=O) groups is 1. The lowest BCUT2D eigenvalue weighted by molar-refractivity contribution is -0.131. The fourth-order valence-corrected chi connectivity index (χ4v) is 4.82. The van der Waals surface area contributed by atoms with E-state index in [1.54, 1.807) is 11.3 Å². The van der Waals surface area contributed by atoms with Crippen molar-refractivity contribution in [2.24, 2.45) is 0 Å². The van der Waals surface area contributed by atoms with Gasteiger partial charge in [0.05, 0.1) is 17.2 Å². The molecule has 1 aromatic carbocycles. The second-order valence-corrected chi connectivity index (χ2v) is 9.06. The Morgan fingerprint density at radius 2 is 1.68 bits per heavy atom. The second kappa shape index (κ2) is 9.35. The highest BCUT2D eigenvalue weighted by molar-refractivity contribution is 7.09. The molecule has 0 aliphatic carbocycles. The molecule has 2 aliphatic heterocycles. The zero-order valence-electron chi connectivity index (χ0n) is 16.1. The molecule has 7 heteroatoms. The number of hydrogen-bond donors (Lipinski definition) is 0. The van der Waals surface area contributed by atoms with Crippen molar-refractivity contribution in [1.29, 1.82) is 0 Å². The number of halogens is 1. The number of piperazine rings is 1. The smallest absolute Gasteiger partial charge is 0.236 e. The highest BCUT2D eigenvalue weighted by atomic mass is 35.5. The van der Waals surface area contributed by atoms with Crippen molar-refractivity contribution in [2.75, 3.05) is 45.8 Å². The number of hydrogen-bond acceptors (Lipinski definition) is 5. The quantitative estimate of drug-likeness (QED) is 0.722. The molecule has 1 aromatic heterocycles. The van der Waals surface area contributed by atoms with Gasteiger partial charge in [-0.15, -0.1) is 11.3 Å². The summed E-state index contributed by atoms with van der Waals surface area (Å²) in [6.07, 6.45) is 3.18. The maximum atomic E-state index is 12.3. The number of thiazole rings is 1. The summed E-state index contributed by atoms with van der Waals surface area (Å²) in [6, 6.07) is 7.98. The van der Waals surface area contributed by atoms with Gasteiger partial charge in [0.1, 0.15) is 0 Å². The molecule has 0 unspecified atom stereocenters. The van der Waals surface area contributed by atoms with Gasteiger partial charge in [0, 0.05) is 62.6 Å². The first-order valence-corrected chi connectivity index (χ1v) is 11.3. The van der Waals surface area contributed by atoms with Crippen molar-refractivity contribution in [3.8, 4) is 0 Å². The van der Waals surface area contributed by atoms with Crippen LogP contribution >= 0.6 is 22.9 Å². The molecule has 5 nitrogen and oxygen atoms in total. The Morgan fingerprint density at radius 3 is 2.39 bits per heavy atom. The monoisotopic (exact) mass is 418 g/mol. The SMILES string of the molecule is O=C(CN1CCN(Cc2csc(Cc3ccc(Cl)cc3)n2)CC1)N1CCCC1. The number of likely N-dealkylation sites (tertiary alicyclic amines) is 1. The molecular weight excluding hydrogens is 392 g/mol. The lowest BCUT2D eigenvalue weighted by Gasteiger charge is -2.34. The average Bonchev–Trinajstić information content (AvgIpc) is 3.38. The fraction of sp³-hybridized carbons (Fsp3) is 0.524. The van der Waals surface area contributed by atoms with E-state index in [1.807, 2.05) is 17.0 Å². The minimum absolute atomic E-state index is 0.303. The van der Waals surface area contributed by atoms with Crippen LogP contribution < -0.4 is 0 Å². The van der Waals surface area contributed by atoms with E-state index >= 15 is 0 Å². The molecule has 2 aliphatic rings. The normalized spacial score (nSPS) is 18.7. The summed E-state index contributed by atoms with van der Waals surface area (Å²) in [7, 11) is 0. The number of aromatic nitrogens is 1. The van der Waals surface area contributed by atoms with Gasteiger partial charge in [0.2, 0.25) is 5.91 Å². The molecule has 0 radical (unpaired) electrons. The van der Waals surface area contributed by atoms with Crippen LogP contribution in [0.25, 0.3) is 0 Å². The first-order chi connectivity index (χ1) is 13.7. The first-order valence-electron chi connectivity index (χ1n) is 10.1. The van der Waals surface area contributed by atoms with E-state index in [1.165, 1.54) is 5.56 Å². The summed E-state index contributed by atoms with van der Waals surface area (Å²) >= 11 is 7.68. The van der Waals surface area contributed by atoms with Crippen molar-refractivity contribution in [3.05, 3.63) is 50.9 Å². The van der Waals surface area contributed by atoms with E-state index in [4.69, 9.17) is 16.6 Å². The third kappa shape index (κ3) is 5.32. The zero-order chi connectivity index (χ0) is 19.3. The van der Waals surface area contributed by atoms with Crippen LogP contribution in [-0.2, 0) is 17.8 Å². The molecule has 2 fully saturated rings. The van der Waals surface area contributed by atoms with Crippen LogP contribution in [0.1, 0.15) is 29.1 Å². The standard InChI is InChI=1S/C21H27ClN4OS/c22-18-5-3-17(4-6-18)13-20-23-19(16-28-20)14-24-9-11-25(12-10-24)15-21(27)26-7-1-2-8-26/h3-6,16H,1-2,7-15H2. The molecule has 0 spiro atoms. The van der Waals surface area contributed by atoms with Crippen LogP contribution in [0.2, 0.25) is 5.02 Å². The summed E-state index contributed by atoms with van der Waals surface area (Å²) in [5.74, 6) is 0.303. The van der Waals surface area contributed by atoms with Crippen LogP contribution in [0.5, 0.6) is 0 Å². The second-order valence-electron chi connectivity index (χ2n) is 7.68. The predicted molar refractivity (Wildman–Crippen MR) is 114 cm³/mol. The summed E-state index contributed by atoms with van der Waals surface area (Å²) in [6.45, 7) is 7.28. The van der Waals surface area contributed by atoms with Crippen molar-refractivity contribution >= 4 is 28.8 Å². The molecular formula is C21H27ClN4OS. The average molecular weight is 419 g/mol. The van der Waals surface area contributed by atoms with Crippen LogP contribution in [0, 0.1) is 0 Å². The van der Waals surface area contributed by atoms with Crippen LogP contribution in [0.4, 0.5) is 0 Å². The molecule has 2 saturated heterocycles. The van der Waals surface area contributed by atoms with Gasteiger partial charge in [-0.1, -0.05) is 23.7 Å². The van der Waals surface area contributed by atoms with E-state index in [-0.39, 0.29) is 0 Å². The van der Waals surface area contributed by atoms with Gasteiger partial charge in [-0.2, -0.15) is 0 Å². The Kier molecular flexibility index (Phi) is 6.62. The van der Waals surface area contributed by atoms with E-state index in [2.05, 4.69) is 27.3 Å². The third-order valence-electron chi connectivity index (χ3n) is 5.54. The van der Waals surface area contributed by atoms with Gasteiger partial charge in [-0.05, 0) is 30.5 Å². The molecule has 2 aromatic rings. The van der Waals surface area contributed by atoms with E-state index in [0.29, 0.717) is 12.5 Å². The Morgan fingerprint density at radius 1 is 1.00 bits per heavy atom. The summed E-state index contributed by atoms with van der Waals surface area (Å²) in [4.78, 5) is 23.9. The first kappa shape index (κ1) is 19.8. The van der Waals surface area contributed by atoms with Gasteiger partial charge in [-0.25, -0.2) is 4.98 Å². The van der Waals surface area contributed by atoms with Gasteiger partial charge in [-0.3, -0.25) is 14.6 Å². The Hall–Kier alpha value is -1.47. The van der Waals surface area contributed by atoms with Gasteiger partial charge in [0.25, 0.3) is 0 Å². The maximum absolute atomic E-state index is 12.3. The van der Waals surface area contributed by atoms with Crippen LogP contribution in [-0.4, -0.2) is 71.4 Å². The number of amides is 1. The van der Waals surface area contributed by atoms with Gasteiger partial charge in [0.15, 0.2) is 0 Å². The maximum Gasteiger partial charge on any atom is 0.236 e. The van der Waals surface area contributed by atoms with Crippen molar-refractivity contribution < 1.29 is 4.79 Å². The number of benzene rings is 1. The van der Waals surface area contributed by atoms with Gasteiger partial charge < -0.3 is 4.90 Å². The third-order valence-corrected chi connectivity index (χ3v) is 6.69. The fourth-order valence-electron chi connectivity index (χ4n) is 3.87. The predicted octanol–water partition coefficient (Wildman–Crippen LogP) is 3.13. The molecule has 28 heavy (non-hydrogen) atoms. The number of carbonyl (C=O) groups excluding carboxylic acids is 1. The molecule has 1 amide bonds. The summed E-state index contributed by atoms with van der Waals surface area (Å²) < 4.78 is 0. The van der Waals surface area contributed by atoms with Crippen molar-refractivity contribution in [2.45, 2.75) is 25.8 Å². The molecule has 4 rings (SSSR count). The lowest BCUT2D eigenvalue weighted by atomic mass is 10.2. The van der Waals surface area contributed by atoms with Crippen molar-refractivity contribution in [3.63, 3.8) is 0 Å². The van der Waals surface area contributed by atoms with E-state index in [0.717, 1.165) is 80.8 Å². The summed E-state index contributed by atoms with van der Waals surface area (Å²) in [5, 5.41) is 4.09. The largest absolute Gasteiger partial charge is 0.342 e. The Balaban J connectivity index is 1.22. The minimum Gasteiger partial charge on any atom is -0.342 e. The number of nitrogens with zero attached hydrogens (tertiary/aromatic N) is 4. The Bertz CT molecular complexity index is 780. The minimum atomic E-state index is 0.303. The molecule has 0 saturated carbocycles. The van der Waals surface area contributed by atoms with Crippen molar-refractivity contribution in [1.82, 2.24) is 19.7 Å². The van der Waals surface area contributed by atoms with Gasteiger partial charge >= 0.3 is 0 Å². The van der Waals surface area contributed by atoms with E-state index < -0.39 is 0 Å². The van der Waals surface area contributed by atoms with Crippen LogP contribution in [0.3, 0.4) is 0 Å². The van der Waals surface area contributed by atoms with E-state index in [9.17, 15) is 4.79 Å². The highest BCUT2D eigenvalue weighted by Gasteiger charge is 2.23. The lowest BCUT2D eigenvalue weighted by Crippen LogP contribution is -2.49. The molecule has 150 valence electrons. The molecule has 3 heterocycles. The number of rotatable bonds is 6. The summed E-state index contributed by atoms with van der Waals surface area (Å²) in [5.41, 5.74) is 2.39. The molecule has 0 bridgehead atoms. The van der Waals surface area contributed by atoms with Crippen LogP contribution in [0.15, 0.2) is 29.6 Å². The topological polar surface area (TPSA) is 39.7 Å². The Labute approximate surface area is 175 Å². The zero-order valence-corrected chi connectivity index (χ0v) is 17.7. The highest BCUT2D eigenvalue weighted by Crippen LogP contribution is 2.18. The molecule has 0 N–H and O–H groups in total. The molecule has 0 atom stereocenters.